The Balaban J connectivity index is 1.64. The highest BCUT2D eigenvalue weighted by Gasteiger charge is 2.32. The number of nitrogens with one attached hydrogen (secondary N) is 1. The van der Waals surface area contributed by atoms with Crippen molar-refractivity contribution in [1.82, 2.24) is 14.9 Å². The first-order valence-corrected chi connectivity index (χ1v) is 9.68. The standard InChI is InChI=1S/C19H21N3O3S/c1-2-14-15-9-13(18(23)20-25)11-21(15)7-8-22(14)19(24)17-10-12-5-3-4-6-16(12)26-17/h3,5,9-11,14,25H,2,4,6-8H2,1H3,(H,20,23). The van der Waals surface area contributed by atoms with Crippen molar-refractivity contribution in [3.05, 3.63) is 51.0 Å². The summed E-state index contributed by atoms with van der Waals surface area (Å²) < 4.78 is 2.00. The summed E-state index contributed by atoms with van der Waals surface area (Å²) >= 11 is 1.60. The quantitative estimate of drug-likeness (QED) is 0.642. The van der Waals surface area contributed by atoms with Crippen molar-refractivity contribution in [2.24, 2.45) is 0 Å². The summed E-state index contributed by atoms with van der Waals surface area (Å²) in [6, 6.07) is 3.69. The van der Waals surface area contributed by atoms with Gasteiger partial charge in [-0.1, -0.05) is 19.1 Å². The molecule has 0 fully saturated rings. The minimum Gasteiger partial charge on any atom is -0.347 e. The van der Waals surface area contributed by atoms with Crippen molar-refractivity contribution in [3.8, 4) is 0 Å². The Morgan fingerprint density at radius 2 is 2.19 bits per heavy atom. The van der Waals surface area contributed by atoms with Crippen molar-refractivity contribution >= 4 is 29.2 Å². The predicted octanol–water partition coefficient (Wildman–Crippen LogP) is 3.24. The van der Waals surface area contributed by atoms with Crippen LogP contribution in [0.3, 0.4) is 0 Å². The lowest BCUT2D eigenvalue weighted by molar-refractivity contribution is 0.0622. The summed E-state index contributed by atoms with van der Waals surface area (Å²) in [5.74, 6) is -0.470. The average Bonchev–Trinajstić information content (AvgIpc) is 3.29. The fourth-order valence-electron chi connectivity index (χ4n) is 3.85. The van der Waals surface area contributed by atoms with Crippen LogP contribution >= 0.6 is 11.3 Å². The molecule has 3 heterocycles. The molecule has 1 aliphatic carbocycles. The Morgan fingerprint density at radius 1 is 1.35 bits per heavy atom. The van der Waals surface area contributed by atoms with Crippen LogP contribution < -0.4 is 5.48 Å². The van der Waals surface area contributed by atoms with Gasteiger partial charge >= 0.3 is 0 Å². The van der Waals surface area contributed by atoms with Gasteiger partial charge < -0.3 is 9.47 Å². The fraction of sp³-hybridized carbons (Fsp3) is 0.368. The van der Waals surface area contributed by atoms with E-state index in [4.69, 9.17) is 5.21 Å². The van der Waals surface area contributed by atoms with Gasteiger partial charge in [0, 0.05) is 29.9 Å². The van der Waals surface area contributed by atoms with Crippen LogP contribution in [0.15, 0.2) is 24.4 Å². The molecular formula is C19H21N3O3S. The molecule has 6 nitrogen and oxygen atoms in total. The van der Waals surface area contributed by atoms with Crippen LogP contribution in [-0.2, 0) is 13.0 Å². The lowest BCUT2D eigenvalue weighted by Crippen LogP contribution is -2.41. The number of nitrogens with zero attached hydrogens (tertiary/aromatic N) is 2. The van der Waals surface area contributed by atoms with Gasteiger partial charge in [-0.2, -0.15) is 0 Å². The van der Waals surface area contributed by atoms with Crippen molar-refractivity contribution in [2.45, 2.75) is 38.8 Å². The summed E-state index contributed by atoms with van der Waals surface area (Å²) in [4.78, 5) is 28.9. The molecule has 7 heteroatoms. The Labute approximate surface area is 155 Å². The number of rotatable bonds is 3. The lowest BCUT2D eigenvalue weighted by atomic mass is 10.0. The number of carbonyl (C=O) groups is 2. The van der Waals surface area contributed by atoms with E-state index in [1.807, 2.05) is 22.5 Å². The van der Waals surface area contributed by atoms with E-state index in [1.54, 1.807) is 29.1 Å². The maximum Gasteiger partial charge on any atom is 0.276 e. The molecule has 4 rings (SSSR count). The number of hydroxylamine groups is 1. The zero-order valence-corrected chi connectivity index (χ0v) is 15.4. The van der Waals surface area contributed by atoms with Crippen molar-refractivity contribution in [1.29, 1.82) is 0 Å². The molecule has 1 aliphatic heterocycles. The smallest absolute Gasteiger partial charge is 0.276 e. The second kappa shape index (κ2) is 6.74. The minimum absolute atomic E-state index is 0.0604. The van der Waals surface area contributed by atoms with E-state index in [0.29, 0.717) is 18.7 Å². The van der Waals surface area contributed by atoms with Crippen LogP contribution in [-0.4, -0.2) is 33.0 Å². The summed E-state index contributed by atoms with van der Waals surface area (Å²) in [6.07, 6.45) is 8.79. The molecule has 2 amide bonds. The van der Waals surface area contributed by atoms with Gasteiger partial charge in [-0.15, -0.1) is 11.3 Å². The number of fused-ring (bicyclic) bond motifs is 2. The molecule has 26 heavy (non-hydrogen) atoms. The second-order valence-corrected chi connectivity index (χ2v) is 7.78. The molecule has 0 saturated carbocycles. The Bertz CT molecular complexity index is 896. The normalized spacial score (nSPS) is 18.4. The molecule has 0 radical (unpaired) electrons. The van der Waals surface area contributed by atoms with Gasteiger partial charge in [-0.05, 0) is 37.0 Å². The number of allylic oxidation sites excluding steroid dienone is 1. The summed E-state index contributed by atoms with van der Waals surface area (Å²) in [7, 11) is 0. The van der Waals surface area contributed by atoms with E-state index in [1.165, 1.54) is 10.4 Å². The summed E-state index contributed by atoms with van der Waals surface area (Å²) in [6.45, 7) is 3.29. The molecule has 0 spiro atoms. The molecule has 1 atom stereocenters. The fourth-order valence-corrected chi connectivity index (χ4v) is 4.97. The van der Waals surface area contributed by atoms with E-state index < -0.39 is 5.91 Å². The highest BCUT2D eigenvalue weighted by molar-refractivity contribution is 7.14. The molecule has 2 aliphatic rings. The summed E-state index contributed by atoms with van der Waals surface area (Å²) in [5.41, 5.74) is 4.19. The molecule has 2 aromatic heterocycles. The highest BCUT2D eigenvalue weighted by atomic mass is 32.1. The first-order chi connectivity index (χ1) is 12.6. The van der Waals surface area contributed by atoms with Gasteiger partial charge in [-0.25, -0.2) is 5.48 Å². The van der Waals surface area contributed by atoms with Crippen molar-refractivity contribution in [2.75, 3.05) is 6.54 Å². The predicted molar refractivity (Wildman–Crippen MR) is 99.4 cm³/mol. The SMILES string of the molecule is CCC1c2cc(C(=O)NO)cn2CCN1C(=O)c1cc2c(s1)CCC=C2. The maximum absolute atomic E-state index is 13.2. The number of aromatic nitrogens is 1. The van der Waals surface area contributed by atoms with Crippen LogP contribution in [0.5, 0.6) is 0 Å². The molecule has 0 bridgehead atoms. The molecule has 2 aromatic rings. The number of carbonyl (C=O) groups excluding carboxylic acids is 2. The van der Waals surface area contributed by atoms with Crippen LogP contribution in [0.1, 0.15) is 62.0 Å². The Morgan fingerprint density at radius 3 is 2.92 bits per heavy atom. The largest absolute Gasteiger partial charge is 0.347 e. The van der Waals surface area contributed by atoms with E-state index in [0.717, 1.165) is 29.8 Å². The maximum atomic E-state index is 13.2. The molecular weight excluding hydrogens is 350 g/mol. The number of amides is 2. The summed E-state index contributed by atoms with van der Waals surface area (Å²) in [5, 5.41) is 8.86. The van der Waals surface area contributed by atoms with E-state index in [2.05, 4.69) is 12.2 Å². The van der Waals surface area contributed by atoms with Gasteiger partial charge in [-0.3, -0.25) is 14.8 Å². The third-order valence-corrected chi connectivity index (χ3v) is 6.33. The number of hydrogen-bond acceptors (Lipinski definition) is 4. The first-order valence-electron chi connectivity index (χ1n) is 8.87. The third-order valence-electron chi connectivity index (χ3n) is 5.13. The van der Waals surface area contributed by atoms with E-state index in [9.17, 15) is 9.59 Å². The number of aryl methyl sites for hydroxylation is 1. The van der Waals surface area contributed by atoms with Crippen LogP contribution in [0.4, 0.5) is 0 Å². The van der Waals surface area contributed by atoms with Gasteiger partial charge in [0.15, 0.2) is 0 Å². The monoisotopic (exact) mass is 371 g/mol. The Kier molecular flexibility index (Phi) is 4.42. The zero-order valence-electron chi connectivity index (χ0n) is 14.6. The molecule has 0 aromatic carbocycles. The minimum atomic E-state index is -0.530. The van der Waals surface area contributed by atoms with E-state index in [-0.39, 0.29) is 11.9 Å². The molecule has 136 valence electrons. The average molecular weight is 371 g/mol. The molecule has 2 N–H and O–H groups in total. The lowest BCUT2D eigenvalue weighted by Gasteiger charge is -2.36. The highest BCUT2D eigenvalue weighted by Crippen LogP contribution is 2.34. The second-order valence-electron chi connectivity index (χ2n) is 6.64. The zero-order chi connectivity index (χ0) is 18.3. The number of hydrogen-bond donors (Lipinski definition) is 2. The van der Waals surface area contributed by atoms with E-state index >= 15 is 0 Å². The first kappa shape index (κ1) is 17.1. The van der Waals surface area contributed by atoms with Crippen LogP contribution in [0.25, 0.3) is 6.08 Å². The molecule has 0 saturated heterocycles. The van der Waals surface area contributed by atoms with Gasteiger partial charge in [0.1, 0.15) is 0 Å². The third kappa shape index (κ3) is 2.77. The van der Waals surface area contributed by atoms with Crippen LogP contribution in [0.2, 0.25) is 0 Å². The number of thiophene rings is 1. The topological polar surface area (TPSA) is 74.6 Å². The van der Waals surface area contributed by atoms with Gasteiger partial charge in [0.2, 0.25) is 0 Å². The van der Waals surface area contributed by atoms with Gasteiger partial charge in [0.25, 0.3) is 11.8 Å². The van der Waals surface area contributed by atoms with Crippen molar-refractivity contribution < 1.29 is 14.8 Å². The van der Waals surface area contributed by atoms with Gasteiger partial charge in [0.05, 0.1) is 16.5 Å². The molecule has 1 unspecified atom stereocenters. The van der Waals surface area contributed by atoms with Crippen LogP contribution in [0, 0.1) is 0 Å². The van der Waals surface area contributed by atoms with Crippen molar-refractivity contribution in [3.63, 3.8) is 0 Å². The Hall–Kier alpha value is -2.38.